The maximum Gasteiger partial charge on any atom is 0.322 e. The first-order valence-corrected chi connectivity index (χ1v) is 9.06. The van der Waals surface area contributed by atoms with Gasteiger partial charge >= 0.3 is 5.97 Å². The second-order valence-electron chi connectivity index (χ2n) is 5.02. The van der Waals surface area contributed by atoms with Crippen LogP contribution >= 0.6 is 15.9 Å². The number of hydrogen-bond donors (Lipinski definition) is 1. The van der Waals surface area contributed by atoms with Gasteiger partial charge in [-0.25, -0.2) is 8.42 Å². The van der Waals surface area contributed by atoms with Crippen LogP contribution in [-0.4, -0.2) is 36.9 Å². The lowest BCUT2D eigenvalue weighted by atomic mass is 10.1. The molecule has 0 bridgehead atoms. The quantitative estimate of drug-likeness (QED) is 0.812. The maximum absolute atomic E-state index is 12.6. The summed E-state index contributed by atoms with van der Waals surface area (Å²) in [5.74, 6) is -1.19. The molecule has 0 aliphatic heterocycles. The third-order valence-electron chi connectivity index (χ3n) is 3.49. The Labute approximate surface area is 143 Å². The monoisotopic (exact) mass is 397 g/mol. The van der Waals surface area contributed by atoms with E-state index in [1.54, 1.807) is 42.5 Å². The van der Waals surface area contributed by atoms with E-state index in [4.69, 9.17) is 0 Å². The summed E-state index contributed by atoms with van der Waals surface area (Å²) in [6.07, 6.45) is 0.0885. The van der Waals surface area contributed by atoms with Crippen molar-refractivity contribution in [3.8, 4) is 0 Å². The molecule has 0 aromatic heterocycles. The number of carboxylic acids is 1. The lowest BCUT2D eigenvalue weighted by Gasteiger charge is -2.24. The van der Waals surface area contributed by atoms with Gasteiger partial charge in [0, 0.05) is 11.5 Å². The van der Waals surface area contributed by atoms with Gasteiger partial charge in [0.25, 0.3) is 0 Å². The first kappa shape index (κ1) is 17.7. The van der Waals surface area contributed by atoms with Crippen LogP contribution in [0.25, 0.3) is 0 Å². The van der Waals surface area contributed by atoms with Crippen molar-refractivity contribution in [2.45, 2.75) is 17.4 Å². The van der Waals surface area contributed by atoms with Gasteiger partial charge in [0.05, 0.1) is 4.90 Å². The van der Waals surface area contributed by atoms with E-state index < -0.39 is 22.0 Å². The molecule has 1 N–H and O–H groups in total. The molecule has 2 aromatic rings. The van der Waals surface area contributed by atoms with Crippen LogP contribution in [0, 0.1) is 0 Å². The molecule has 23 heavy (non-hydrogen) atoms. The zero-order valence-electron chi connectivity index (χ0n) is 12.4. The van der Waals surface area contributed by atoms with Crippen molar-refractivity contribution >= 4 is 31.9 Å². The van der Waals surface area contributed by atoms with E-state index in [0.717, 1.165) is 14.3 Å². The van der Waals surface area contributed by atoms with Crippen LogP contribution in [0.5, 0.6) is 0 Å². The zero-order chi connectivity index (χ0) is 17.0. The molecule has 1 unspecified atom stereocenters. The van der Waals surface area contributed by atoms with Gasteiger partial charge in [-0.3, -0.25) is 4.79 Å². The molecule has 7 heteroatoms. The molecule has 0 heterocycles. The molecule has 0 aliphatic carbocycles. The fourth-order valence-corrected chi connectivity index (χ4v) is 3.74. The molecule has 2 aromatic carbocycles. The van der Waals surface area contributed by atoms with E-state index in [1.165, 1.54) is 19.2 Å². The maximum atomic E-state index is 12.6. The Bertz CT molecular complexity index is 775. The highest BCUT2D eigenvalue weighted by Gasteiger charge is 2.32. The Morgan fingerprint density at radius 3 is 2.22 bits per heavy atom. The molecule has 0 fully saturated rings. The van der Waals surface area contributed by atoms with Gasteiger partial charge in [-0.05, 0) is 36.2 Å². The van der Waals surface area contributed by atoms with Crippen molar-refractivity contribution in [1.82, 2.24) is 4.31 Å². The normalized spacial score (nSPS) is 13.0. The molecule has 5 nitrogen and oxygen atoms in total. The van der Waals surface area contributed by atoms with Crippen molar-refractivity contribution < 1.29 is 18.3 Å². The number of nitrogens with zero attached hydrogens (tertiary/aromatic N) is 1. The summed E-state index contributed by atoms with van der Waals surface area (Å²) in [7, 11) is -2.58. The van der Waals surface area contributed by atoms with E-state index in [2.05, 4.69) is 15.9 Å². The molecule has 0 saturated heterocycles. The fraction of sp³-hybridized carbons (Fsp3) is 0.188. The third kappa shape index (κ3) is 4.19. The van der Waals surface area contributed by atoms with Crippen LogP contribution in [0.15, 0.2) is 64.0 Å². The van der Waals surface area contributed by atoms with Crippen molar-refractivity contribution in [3.63, 3.8) is 0 Å². The van der Waals surface area contributed by atoms with Crippen LogP contribution in [0.3, 0.4) is 0 Å². The zero-order valence-corrected chi connectivity index (χ0v) is 14.8. The number of halogens is 1. The lowest BCUT2D eigenvalue weighted by molar-refractivity contribution is -0.141. The van der Waals surface area contributed by atoms with Gasteiger partial charge in [-0.1, -0.05) is 46.3 Å². The molecule has 1 atom stereocenters. The molecule has 0 radical (unpaired) electrons. The third-order valence-corrected chi connectivity index (χ3v) is 5.90. The van der Waals surface area contributed by atoms with Crippen molar-refractivity contribution in [3.05, 3.63) is 64.6 Å². The minimum Gasteiger partial charge on any atom is -0.480 e. The summed E-state index contributed by atoms with van der Waals surface area (Å²) >= 11 is 3.31. The molecular weight excluding hydrogens is 382 g/mol. The first-order valence-electron chi connectivity index (χ1n) is 6.82. The van der Waals surface area contributed by atoms with Crippen molar-refractivity contribution in [2.75, 3.05) is 7.05 Å². The largest absolute Gasteiger partial charge is 0.480 e. The molecular formula is C16H16BrNO4S. The average Bonchev–Trinajstić information content (AvgIpc) is 2.54. The number of hydrogen-bond acceptors (Lipinski definition) is 3. The lowest BCUT2D eigenvalue weighted by Crippen LogP contribution is -2.43. The van der Waals surface area contributed by atoms with Gasteiger partial charge in [-0.15, -0.1) is 0 Å². The number of carbonyl (C=O) groups is 1. The Balaban J connectivity index is 2.30. The van der Waals surface area contributed by atoms with Crippen LogP contribution in [0.2, 0.25) is 0 Å². The van der Waals surface area contributed by atoms with Crippen LogP contribution < -0.4 is 0 Å². The number of likely N-dealkylation sites (N-methyl/N-ethyl adjacent to an activating group) is 1. The van der Waals surface area contributed by atoms with Gasteiger partial charge in [0.2, 0.25) is 10.0 Å². The summed E-state index contributed by atoms with van der Waals surface area (Å²) in [4.78, 5) is 11.6. The van der Waals surface area contributed by atoms with Gasteiger partial charge in [0.1, 0.15) is 6.04 Å². The second kappa shape index (κ2) is 7.25. The highest BCUT2D eigenvalue weighted by Crippen LogP contribution is 2.19. The van der Waals surface area contributed by atoms with E-state index in [-0.39, 0.29) is 11.3 Å². The standard InChI is InChI=1S/C16H16BrNO4S/c1-18(23(21,22)14-5-3-2-4-6-14)15(16(19)20)11-12-7-9-13(17)10-8-12/h2-10,15H,11H2,1H3,(H,19,20). The van der Waals surface area contributed by atoms with Gasteiger partial charge < -0.3 is 5.11 Å². The fourth-order valence-electron chi connectivity index (χ4n) is 2.14. The predicted octanol–water partition coefficient (Wildman–Crippen LogP) is 2.77. The van der Waals surface area contributed by atoms with Crippen molar-refractivity contribution in [2.24, 2.45) is 0 Å². The molecule has 122 valence electrons. The number of carboxylic acid groups (broad SMARTS) is 1. The molecule has 0 amide bonds. The smallest absolute Gasteiger partial charge is 0.322 e. The van der Waals surface area contributed by atoms with E-state index in [0.29, 0.717) is 0 Å². The Morgan fingerprint density at radius 1 is 1.13 bits per heavy atom. The minimum atomic E-state index is -3.87. The van der Waals surface area contributed by atoms with Crippen LogP contribution in [-0.2, 0) is 21.2 Å². The van der Waals surface area contributed by atoms with Gasteiger partial charge in [-0.2, -0.15) is 4.31 Å². The number of rotatable bonds is 6. The summed E-state index contributed by atoms with van der Waals surface area (Å²) < 4.78 is 26.9. The Morgan fingerprint density at radius 2 is 1.70 bits per heavy atom. The van der Waals surface area contributed by atoms with Crippen LogP contribution in [0.4, 0.5) is 0 Å². The first-order chi connectivity index (χ1) is 10.8. The summed E-state index contributed by atoms with van der Waals surface area (Å²) in [6, 6.07) is 13.7. The number of sulfonamides is 1. The highest BCUT2D eigenvalue weighted by atomic mass is 79.9. The minimum absolute atomic E-state index is 0.0737. The molecule has 0 spiro atoms. The number of benzene rings is 2. The Kier molecular flexibility index (Phi) is 5.56. The summed E-state index contributed by atoms with van der Waals surface area (Å²) in [5, 5.41) is 9.45. The SMILES string of the molecule is CN(C(Cc1ccc(Br)cc1)C(=O)O)S(=O)(=O)c1ccccc1. The molecule has 0 aliphatic rings. The van der Waals surface area contributed by atoms with Crippen molar-refractivity contribution in [1.29, 1.82) is 0 Å². The second-order valence-corrected chi connectivity index (χ2v) is 7.93. The number of aliphatic carboxylic acids is 1. The predicted molar refractivity (Wildman–Crippen MR) is 90.7 cm³/mol. The molecule has 0 saturated carbocycles. The van der Waals surface area contributed by atoms with Gasteiger partial charge in [0.15, 0.2) is 0 Å². The van der Waals surface area contributed by atoms with E-state index in [1.807, 2.05) is 0 Å². The topological polar surface area (TPSA) is 74.7 Å². The Hall–Kier alpha value is -1.70. The highest BCUT2D eigenvalue weighted by molar-refractivity contribution is 9.10. The summed E-state index contributed by atoms with van der Waals surface area (Å²) in [5.41, 5.74) is 0.746. The molecule has 2 rings (SSSR count). The van der Waals surface area contributed by atoms with Crippen LogP contribution in [0.1, 0.15) is 5.56 Å². The summed E-state index contributed by atoms with van der Waals surface area (Å²) in [6.45, 7) is 0. The van der Waals surface area contributed by atoms with E-state index >= 15 is 0 Å². The average molecular weight is 398 g/mol. The van der Waals surface area contributed by atoms with E-state index in [9.17, 15) is 18.3 Å².